The van der Waals surface area contributed by atoms with Gasteiger partial charge < -0.3 is 9.47 Å². The highest BCUT2D eigenvalue weighted by Crippen LogP contribution is 2.35. The van der Waals surface area contributed by atoms with Gasteiger partial charge in [-0.2, -0.15) is 10.2 Å². The average molecular weight is 496 g/mol. The predicted octanol–water partition coefficient (Wildman–Crippen LogP) is -1.55. The molecule has 1 aromatic carbocycles. The van der Waals surface area contributed by atoms with Crippen LogP contribution in [0.25, 0.3) is 0 Å². The van der Waals surface area contributed by atoms with Gasteiger partial charge in [-0.05, 0) is 32.0 Å². The molecular formula is C22H20N6O8. The van der Waals surface area contributed by atoms with E-state index in [1.165, 1.54) is 24.3 Å². The van der Waals surface area contributed by atoms with Gasteiger partial charge in [0.2, 0.25) is 11.8 Å². The van der Waals surface area contributed by atoms with Crippen LogP contribution in [0.4, 0.5) is 11.4 Å². The smallest absolute Gasteiger partial charge is 0.355 e. The molecule has 0 saturated carbocycles. The minimum atomic E-state index is -1.16. The summed E-state index contributed by atoms with van der Waals surface area (Å²) in [7, 11) is 0. The number of esters is 2. The van der Waals surface area contributed by atoms with Gasteiger partial charge in [0, 0.05) is 0 Å². The minimum absolute atomic E-state index is 0.0699. The fraction of sp³-hybridized carbons (Fsp3) is 0.364. The molecule has 186 valence electrons. The lowest BCUT2D eigenvalue weighted by Crippen LogP contribution is -2.37. The number of rotatable bonds is 6. The summed E-state index contributed by atoms with van der Waals surface area (Å²) >= 11 is 0. The van der Waals surface area contributed by atoms with Crippen molar-refractivity contribution in [3.8, 4) is 0 Å². The summed E-state index contributed by atoms with van der Waals surface area (Å²) < 4.78 is 9.85. The highest BCUT2D eigenvalue weighted by atomic mass is 16.5. The second-order valence-corrected chi connectivity index (χ2v) is 8.15. The number of hydrazone groups is 2. The molecule has 0 spiro atoms. The number of nitrogens with zero attached hydrogens (tertiary/aromatic N) is 4. The average Bonchev–Trinajstić information content (AvgIpc) is 3.59. The Labute approximate surface area is 203 Å². The van der Waals surface area contributed by atoms with E-state index in [1.807, 2.05) is 0 Å². The fourth-order valence-electron chi connectivity index (χ4n) is 4.61. The Hall–Kier alpha value is -4.62. The molecule has 5 rings (SSSR count). The van der Waals surface area contributed by atoms with Crippen LogP contribution in [0.15, 0.2) is 34.5 Å². The van der Waals surface area contributed by atoms with Gasteiger partial charge in [-0.3, -0.25) is 30.0 Å². The van der Waals surface area contributed by atoms with Crippen molar-refractivity contribution in [2.75, 3.05) is 23.0 Å². The lowest BCUT2D eigenvalue weighted by atomic mass is 9.99. The van der Waals surface area contributed by atoms with E-state index in [9.17, 15) is 28.8 Å². The van der Waals surface area contributed by atoms with Crippen LogP contribution < -0.4 is 20.7 Å². The molecule has 0 aromatic heterocycles. The standard InChI is InChI=1S/C22H20N6O8/c1-3-35-21(33)15-11-13(23-25-15)19(31)27(17(11)29)9-6-5-7-10(8-9)28-18(30)12-14(20(28)32)24-26-16(12)22(34)36-4-2/h5-8,11-14,23-24H,3-4H2,1-2H3/t11-,12-,13-,14+/m0/s1. The number of benzene rings is 1. The van der Waals surface area contributed by atoms with E-state index in [0.29, 0.717) is 0 Å². The molecule has 0 radical (unpaired) electrons. The molecule has 36 heavy (non-hydrogen) atoms. The number of amides is 4. The number of hydrogen-bond donors (Lipinski definition) is 2. The summed E-state index contributed by atoms with van der Waals surface area (Å²) in [6.07, 6.45) is 0. The summed E-state index contributed by atoms with van der Waals surface area (Å²) in [6, 6.07) is 3.55. The lowest BCUT2D eigenvalue weighted by Gasteiger charge is -2.20. The normalized spacial score (nSPS) is 26.3. The second-order valence-electron chi connectivity index (χ2n) is 8.15. The van der Waals surface area contributed by atoms with Crippen LogP contribution in [0.3, 0.4) is 0 Å². The zero-order valence-corrected chi connectivity index (χ0v) is 19.1. The first-order chi connectivity index (χ1) is 17.3. The van der Waals surface area contributed by atoms with Gasteiger partial charge in [0.05, 0.1) is 24.6 Å². The van der Waals surface area contributed by atoms with Gasteiger partial charge in [-0.1, -0.05) is 6.07 Å². The van der Waals surface area contributed by atoms with Crippen molar-refractivity contribution in [3.05, 3.63) is 24.3 Å². The van der Waals surface area contributed by atoms with Crippen LogP contribution in [0, 0.1) is 11.8 Å². The van der Waals surface area contributed by atoms with Gasteiger partial charge >= 0.3 is 11.9 Å². The van der Waals surface area contributed by atoms with Crippen LogP contribution in [0.1, 0.15) is 13.8 Å². The zero-order valence-electron chi connectivity index (χ0n) is 19.1. The molecule has 0 unspecified atom stereocenters. The van der Waals surface area contributed by atoms with E-state index in [1.54, 1.807) is 13.8 Å². The summed E-state index contributed by atoms with van der Waals surface area (Å²) in [4.78, 5) is 78.5. The molecule has 14 nitrogen and oxygen atoms in total. The van der Waals surface area contributed by atoms with E-state index in [2.05, 4.69) is 21.1 Å². The van der Waals surface area contributed by atoms with E-state index >= 15 is 0 Å². The number of imide groups is 2. The SMILES string of the molecule is CCOC(=O)C1=NN[C@@H]2C(=O)N(c3cccc(N4C(=O)[C@@H]5C(C(=O)OCC)=NN[C@H]5C4=O)c3)C(=O)[C@H]12. The molecule has 4 aliphatic heterocycles. The number of anilines is 2. The maximum Gasteiger partial charge on any atom is 0.355 e. The molecule has 2 fully saturated rings. The molecule has 0 bridgehead atoms. The first-order valence-corrected chi connectivity index (χ1v) is 11.2. The maximum absolute atomic E-state index is 13.2. The molecular weight excluding hydrogens is 476 g/mol. The van der Waals surface area contributed by atoms with Crippen LogP contribution in [0.2, 0.25) is 0 Å². The zero-order chi connectivity index (χ0) is 25.7. The number of ether oxygens (including phenoxy) is 2. The molecule has 1 aromatic rings. The third-order valence-electron chi connectivity index (χ3n) is 6.17. The Kier molecular flexibility index (Phi) is 5.50. The Bertz CT molecular complexity index is 1200. The molecule has 4 atom stereocenters. The molecule has 4 amide bonds. The molecule has 0 aliphatic carbocycles. The van der Waals surface area contributed by atoms with Crippen LogP contribution in [0.5, 0.6) is 0 Å². The van der Waals surface area contributed by atoms with Gasteiger partial charge in [-0.15, -0.1) is 0 Å². The molecule has 14 heteroatoms. The Balaban J connectivity index is 1.42. The van der Waals surface area contributed by atoms with Gasteiger partial charge in [-0.25, -0.2) is 19.4 Å². The topological polar surface area (TPSA) is 176 Å². The monoisotopic (exact) mass is 496 g/mol. The van der Waals surface area contributed by atoms with E-state index in [4.69, 9.17) is 9.47 Å². The van der Waals surface area contributed by atoms with Crippen molar-refractivity contribution in [2.24, 2.45) is 22.0 Å². The van der Waals surface area contributed by atoms with Gasteiger partial charge in [0.1, 0.15) is 23.9 Å². The summed E-state index contributed by atoms with van der Waals surface area (Å²) in [5.74, 6) is -6.65. The molecule has 4 aliphatic rings. The summed E-state index contributed by atoms with van der Waals surface area (Å²) in [5.41, 5.74) is 4.81. The molecule has 4 heterocycles. The number of fused-ring (bicyclic) bond motifs is 2. The largest absolute Gasteiger partial charge is 0.461 e. The Morgan fingerprint density at radius 3 is 1.58 bits per heavy atom. The third kappa shape index (κ3) is 3.25. The third-order valence-corrected chi connectivity index (χ3v) is 6.17. The van der Waals surface area contributed by atoms with Gasteiger partial charge in [0.25, 0.3) is 11.8 Å². The van der Waals surface area contributed by atoms with Crippen molar-refractivity contribution < 1.29 is 38.2 Å². The van der Waals surface area contributed by atoms with E-state index in [0.717, 1.165) is 9.80 Å². The van der Waals surface area contributed by atoms with Crippen molar-refractivity contribution in [1.29, 1.82) is 0 Å². The summed E-state index contributed by atoms with van der Waals surface area (Å²) in [6.45, 7) is 3.34. The predicted molar refractivity (Wildman–Crippen MR) is 120 cm³/mol. The van der Waals surface area contributed by atoms with Crippen molar-refractivity contribution in [3.63, 3.8) is 0 Å². The van der Waals surface area contributed by atoms with Crippen LogP contribution in [-0.2, 0) is 38.2 Å². The number of carbonyl (C=O) groups is 6. The number of carbonyl (C=O) groups excluding carboxylic acids is 6. The quantitative estimate of drug-likeness (QED) is 0.346. The highest BCUT2D eigenvalue weighted by Gasteiger charge is 2.57. The lowest BCUT2D eigenvalue weighted by molar-refractivity contribution is -0.136. The summed E-state index contributed by atoms with van der Waals surface area (Å²) in [5, 5.41) is 7.61. The van der Waals surface area contributed by atoms with E-state index in [-0.39, 0.29) is 36.0 Å². The minimum Gasteiger partial charge on any atom is -0.461 e. The number of nitrogens with one attached hydrogen (secondary N) is 2. The molecule has 2 N–H and O–H groups in total. The Morgan fingerprint density at radius 1 is 0.778 bits per heavy atom. The second kappa shape index (κ2) is 8.55. The first kappa shape index (κ1) is 23.1. The van der Waals surface area contributed by atoms with Crippen LogP contribution in [-0.4, -0.2) is 72.3 Å². The van der Waals surface area contributed by atoms with Crippen LogP contribution >= 0.6 is 0 Å². The van der Waals surface area contributed by atoms with Gasteiger partial charge in [0.15, 0.2) is 11.4 Å². The van der Waals surface area contributed by atoms with Crippen molar-refractivity contribution in [2.45, 2.75) is 25.9 Å². The number of hydrogen-bond acceptors (Lipinski definition) is 12. The highest BCUT2D eigenvalue weighted by molar-refractivity contribution is 6.47. The van der Waals surface area contributed by atoms with Crippen molar-refractivity contribution >= 4 is 58.4 Å². The first-order valence-electron chi connectivity index (χ1n) is 11.2. The fourth-order valence-corrected chi connectivity index (χ4v) is 4.61. The Morgan fingerprint density at radius 2 is 1.19 bits per heavy atom. The maximum atomic E-state index is 13.2. The van der Waals surface area contributed by atoms with Crippen molar-refractivity contribution in [1.82, 2.24) is 10.9 Å². The van der Waals surface area contributed by atoms with E-state index < -0.39 is 59.5 Å². The molecule has 2 saturated heterocycles.